The number of benzene rings is 2. The number of fused-ring (bicyclic) bond motifs is 2. The summed E-state index contributed by atoms with van der Waals surface area (Å²) >= 11 is 0. The molecule has 2 aliphatic heterocycles. The number of nitrogens with one attached hydrogen (secondary N) is 1. The predicted molar refractivity (Wildman–Crippen MR) is 137 cm³/mol. The summed E-state index contributed by atoms with van der Waals surface area (Å²) in [7, 11) is 0. The number of amides is 1. The lowest BCUT2D eigenvalue weighted by Gasteiger charge is -2.33. The zero-order chi connectivity index (χ0) is 23.9. The average molecular weight is 473 g/mol. The molecule has 0 spiro atoms. The van der Waals surface area contributed by atoms with Crippen molar-refractivity contribution in [1.82, 2.24) is 19.4 Å². The number of rotatable bonds is 5. The number of aryl methyl sites for hydroxylation is 1. The molecule has 0 bridgehead atoms. The number of nitrogens with zero attached hydrogens (tertiary/aromatic N) is 3. The number of H-pyrrole nitrogens is 1. The summed E-state index contributed by atoms with van der Waals surface area (Å²) in [5.74, 6) is -0.136. The van der Waals surface area contributed by atoms with Crippen LogP contribution in [0.1, 0.15) is 54.2 Å². The zero-order valence-electron chi connectivity index (χ0n) is 20.2. The monoisotopic (exact) mass is 472 g/mol. The van der Waals surface area contributed by atoms with Crippen molar-refractivity contribution in [3.63, 3.8) is 0 Å². The standard InChI is InChI=1S/C28H32N4O3/c1-19-8-9-20-18-24(29-23(20)17-19)27(33)31-13-4-5-21(31)10-14-30-15-11-22(12-16-30)32-25-6-2-3-7-26(25)35-28(32)34/h2-3,6-9,17-18,21-22,29H,4-5,10-16H2,1H3. The number of hydrogen-bond donors (Lipinski definition) is 1. The van der Waals surface area contributed by atoms with Gasteiger partial charge in [-0.15, -0.1) is 0 Å². The first-order valence-electron chi connectivity index (χ1n) is 12.8. The van der Waals surface area contributed by atoms with Crippen LogP contribution in [-0.4, -0.2) is 57.5 Å². The molecule has 4 heterocycles. The number of oxazole rings is 1. The molecule has 0 saturated carbocycles. The normalized spacial score (nSPS) is 19.8. The fourth-order valence-corrected chi connectivity index (χ4v) is 5.98. The van der Waals surface area contributed by atoms with Crippen LogP contribution in [-0.2, 0) is 0 Å². The minimum absolute atomic E-state index is 0.117. The van der Waals surface area contributed by atoms with Crippen LogP contribution in [0.3, 0.4) is 0 Å². The maximum atomic E-state index is 13.3. The highest BCUT2D eigenvalue weighted by Gasteiger charge is 2.31. The van der Waals surface area contributed by atoms with E-state index in [4.69, 9.17) is 4.42 Å². The Morgan fingerprint density at radius 2 is 1.89 bits per heavy atom. The molecule has 6 rings (SSSR count). The van der Waals surface area contributed by atoms with Gasteiger partial charge in [0.25, 0.3) is 5.91 Å². The third-order valence-corrected chi connectivity index (χ3v) is 7.87. The summed E-state index contributed by atoms with van der Waals surface area (Å²) < 4.78 is 7.28. The first kappa shape index (κ1) is 22.2. The van der Waals surface area contributed by atoms with Crippen LogP contribution >= 0.6 is 0 Å². The summed E-state index contributed by atoms with van der Waals surface area (Å²) in [4.78, 5) is 33.7. The van der Waals surface area contributed by atoms with Crippen molar-refractivity contribution in [2.45, 2.75) is 51.1 Å². The summed E-state index contributed by atoms with van der Waals surface area (Å²) in [6.45, 7) is 5.79. The number of piperidine rings is 1. The van der Waals surface area contributed by atoms with Gasteiger partial charge in [-0.1, -0.05) is 24.3 Å². The number of likely N-dealkylation sites (tertiary alicyclic amines) is 2. The molecule has 2 aliphatic rings. The largest absolute Gasteiger partial charge is 0.420 e. The van der Waals surface area contributed by atoms with Crippen molar-refractivity contribution in [3.05, 3.63) is 70.3 Å². The van der Waals surface area contributed by atoms with E-state index < -0.39 is 0 Å². The van der Waals surface area contributed by atoms with Gasteiger partial charge in [0.2, 0.25) is 0 Å². The van der Waals surface area contributed by atoms with Gasteiger partial charge < -0.3 is 19.2 Å². The van der Waals surface area contributed by atoms with Gasteiger partial charge in [-0.2, -0.15) is 0 Å². The number of carbonyl (C=O) groups excluding carboxylic acids is 1. The highest BCUT2D eigenvalue weighted by Crippen LogP contribution is 2.28. The van der Waals surface area contributed by atoms with Gasteiger partial charge >= 0.3 is 5.76 Å². The first-order chi connectivity index (χ1) is 17.1. The van der Waals surface area contributed by atoms with Gasteiger partial charge in [0.05, 0.1) is 5.52 Å². The van der Waals surface area contributed by atoms with E-state index in [-0.39, 0.29) is 23.7 Å². The smallest absolute Gasteiger partial charge is 0.408 e. The van der Waals surface area contributed by atoms with Crippen LogP contribution in [0.15, 0.2) is 57.7 Å². The minimum Gasteiger partial charge on any atom is -0.408 e. The van der Waals surface area contributed by atoms with E-state index >= 15 is 0 Å². The molecule has 1 amide bonds. The molecule has 35 heavy (non-hydrogen) atoms. The molecule has 2 saturated heterocycles. The Morgan fingerprint density at radius 3 is 2.74 bits per heavy atom. The van der Waals surface area contributed by atoms with E-state index in [2.05, 4.69) is 39.9 Å². The van der Waals surface area contributed by atoms with E-state index in [9.17, 15) is 9.59 Å². The first-order valence-corrected chi connectivity index (χ1v) is 12.8. The van der Waals surface area contributed by atoms with Crippen molar-refractivity contribution >= 4 is 27.9 Å². The van der Waals surface area contributed by atoms with Crippen LogP contribution in [0.2, 0.25) is 0 Å². The highest BCUT2D eigenvalue weighted by atomic mass is 16.4. The van der Waals surface area contributed by atoms with Crippen molar-refractivity contribution in [2.24, 2.45) is 0 Å². The molecule has 0 aliphatic carbocycles. The SMILES string of the molecule is Cc1ccc2cc(C(=O)N3CCCC3CCN3CCC(n4c(=O)oc5ccccc54)CC3)[nH]c2c1. The number of para-hydroxylation sites is 2. The van der Waals surface area contributed by atoms with E-state index in [0.717, 1.165) is 74.7 Å². The number of hydrogen-bond acceptors (Lipinski definition) is 4. The lowest BCUT2D eigenvalue weighted by atomic mass is 10.0. The van der Waals surface area contributed by atoms with Crippen molar-refractivity contribution in [1.29, 1.82) is 0 Å². The topological polar surface area (TPSA) is 74.5 Å². The van der Waals surface area contributed by atoms with Crippen molar-refractivity contribution < 1.29 is 9.21 Å². The summed E-state index contributed by atoms with van der Waals surface area (Å²) in [6, 6.07) is 16.4. The highest BCUT2D eigenvalue weighted by molar-refractivity contribution is 5.98. The van der Waals surface area contributed by atoms with Gasteiger partial charge in [0.15, 0.2) is 5.58 Å². The third kappa shape index (κ3) is 4.18. The lowest BCUT2D eigenvalue weighted by molar-refractivity contribution is 0.0710. The maximum Gasteiger partial charge on any atom is 0.420 e. The predicted octanol–water partition coefficient (Wildman–Crippen LogP) is 4.72. The van der Waals surface area contributed by atoms with Crippen LogP contribution in [0.5, 0.6) is 0 Å². The van der Waals surface area contributed by atoms with Crippen LogP contribution in [0.4, 0.5) is 0 Å². The molecular formula is C28H32N4O3. The maximum absolute atomic E-state index is 13.3. The van der Waals surface area contributed by atoms with Gasteiger partial charge in [0, 0.05) is 49.2 Å². The number of aromatic amines is 1. The molecule has 1 N–H and O–H groups in total. The second-order valence-electron chi connectivity index (χ2n) is 10.1. The molecule has 2 fully saturated rings. The Balaban J connectivity index is 1.07. The van der Waals surface area contributed by atoms with E-state index in [0.29, 0.717) is 11.3 Å². The van der Waals surface area contributed by atoms with Crippen molar-refractivity contribution in [2.75, 3.05) is 26.2 Å². The second-order valence-corrected chi connectivity index (χ2v) is 10.1. The Hall–Kier alpha value is -3.32. The summed E-state index contributed by atoms with van der Waals surface area (Å²) in [6.07, 6.45) is 4.99. The van der Waals surface area contributed by atoms with Gasteiger partial charge in [0.1, 0.15) is 5.69 Å². The van der Waals surface area contributed by atoms with E-state index in [1.807, 2.05) is 34.9 Å². The van der Waals surface area contributed by atoms with Crippen molar-refractivity contribution in [3.8, 4) is 0 Å². The zero-order valence-corrected chi connectivity index (χ0v) is 20.2. The Morgan fingerprint density at radius 1 is 1.06 bits per heavy atom. The number of aromatic nitrogens is 2. The lowest BCUT2D eigenvalue weighted by Crippen LogP contribution is -2.41. The molecule has 4 aromatic rings. The molecule has 7 heteroatoms. The third-order valence-electron chi connectivity index (χ3n) is 7.87. The fraction of sp³-hybridized carbons (Fsp3) is 0.429. The summed E-state index contributed by atoms with van der Waals surface area (Å²) in [5.41, 5.74) is 4.46. The second kappa shape index (κ2) is 9.04. The molecule has 7 nitrogen and oxygen atoms in total. The molecule has 2 aromatic carbocycles. The summed E-state index contributed by atoms with van der Waals surface area (Å²) in [5, 5.41) is 1.09. The minimum atomic E-state index is -0.253. The van der Waals surface area contributed by atoms with Gasteiger partial charge in [-0.05, 0) is 68.9 Å². The molecule has 2 aromatic heterocycles. The molecule has 1 atom stereocenters. The molecular weight excluding hydrogens is 440 g/mol. The van der Waals surface area contributed by atoms with E-state index in [1.54, 1.807) is 0 Å². The molecule has 0 radical (unpaired) electrons. The molecule has 1 unspecified atom stereocenters. The van der Waals surface area contributed by atoms with Crippen LogP contribution in [0, 0.1) is 6.92 Å². The average Bonchev–Trinajstić information content (AvgIpc) is 3.58. The van der Waals surface area contributed by atoms with Gasteiger partial charge in [-0.25, -0.2) is 4.79 Å². The fourth-order valence-electron chi connectivity index (χ4n) is 5.98. The van der Waals surface area contributed by atoms with Gasteiger partial charge in [-0.3, -0.25) is 9.36 Å². The quantitative estimate of drug-likeness (QED) is 0.456. The number of carbonyl (C=O) groups is 1. The molecule has 182 valence electrons. The Bertz CT molecular complexity index is 1420. The van der Waals surface area contributed by atoms with Crippen LogP contribution < -0.4 is 5.76 Å². The van der Waals surface area contributed by atoms with E-state index in [1.165, 1.54) is 5.56 Å². The Kier molecular flexibility index (Phi) is 5.72. The Labute approximate surface area is 204 Å². The van der Waals surface area contributed by atoms with Crippen LogP contribution in [0.25, 0.3) is 22.0 Å².